The van der Waals surface area contributed by atoms with Gasteiger partial charge in [-0.2, -0.15) is 0 Å². The van der Waals surface area contributed by atoms with Crippen LogP contribution in [0.4, 0.5) is 0 Å². The first-order chi connectivity index (χ1) is 14.1. The molecule has 2 aromatic carbocycles. The van der Waals surface area contributed by atoms with Gasteiger partial charge in [-0.1, -0.05) is 12.1 Å². The Morgan fingerprint density at radius 2 is 1.76 bits per heavy atom. The van der Waals surface area contributed by atoms with E-state index in [9.17, 15) is 9.59 Å². The van der Waals surface area contributed by atoms with Crippen molar-refractivity contribution >= 4 is 27.8 Å². The van der Waals surface area contributed by atoms with Crippen molar-refractivity contribution < 1.29 is 4.79 Å². The number of carbonyl (C=O) groups is 1. The van der Waals surface area contributed by atoms with Crippen LogP contribution in [-0.2, 0) is 0 Å². The molecule has 0 bridgehead atoms. The molecule has 7 nitrogen and oxygen atoms in total. The van der Waals surface area contributed by atoms with E-state index >= 15 is 0 Å². The van der Waals surface area contributed by atoms with Gasteiger partial charge in [-0.15, -0.1) is 0 Å². The molecule has 0 radical (unpaired) electrons. The van der Waals surface area contributed by atoms with E-state index in [1.807, 2.05) is 53.4 Å². The lowest BCUT2D eigenvalue weighted by molar-refractivity contribution is 0.0664. The summed E-state index contributed by atoms with van der Waals surface area (Å²) in [6.07, 6.45) is 0. The fourth-order valence-electron chi connectivity index (χ4n) is 3.80. The third kappa shape index (κ3) is 3.19. The SMILES string of the molecule is CN1CCN(C(=O)c2ccc3[nH]c(-c4nc5ccccc5[nH]c4=O)cc3c2)CC1. The third-order valence-corrected chi connectivity index (χ3v) is 5.51. The van der Waals surface area contributed by atoms with Gasteiger partial charge in [-0.05, 0) is 43.4 Å². The van der Waals surface area contributed by atoms with Crippen molar-refractivity contribution in [1.29, 1.82) is 0 Å². The molecule has 2 N–H and O–H groups in total. The second-order valence-electron chi connectivity index (χ2n) is 7.51. The van der Waals surface area contributed by atoms with Crippen molar-refractivity contribution in [2.45, 2.75) is 0 Å². The topological polar surface area (TPSA) is 85.1 Å². The van der Waals surface area contributed by atoms with Crippen LogP contribution in [0.25, 0.3) is 33.3 Å². The van der Waals surface area contributed by atoms with Gasteiger partial charge in [0.15, 0.2) is 5.69 Å². The zero-order valence-electron chi connectivity index (χ0n) is 16.1. The number of hydrogen-bond acceptors (Lipinski definition) is 4. The molecular weight excluding hydrogens is 366 g/mol. The Hall–Kier alpha value is -3.45. The lowest BCUT2D eigenvalue weighted by Gasteiger charge is -2.32. The molecule has 0 unspecified atom stereocenters. The molecule has 2 aromatic heterocycles. The number of amides is 1. The molecule has 1 aliphatic rings. The largest absolute Gasteiger partial charge is 0.353 e. The number of rotatable bonds is 2. The highest BCUT2D eigenvalue weighted by Crippen LogP contribution is 2.23. The van der Waals surface area contributed by atoms with Crippen LogP contribution in [0.5, 0.6) is 0 Å². The van der Waals surface area contributed by atoms with Crippen molar-refractivity contribution in [3.63, 3.8) is 0 Å². The van der Waals surface area contributed by atoms with Crippen LogP contribution in [0.2, 0.25) is 0 Å². The average Bonchev–Trinajstić information content (AvgIpc) is 3.16. The fourth-order valence-corrected chi connectivity index (χ4v) is 3.80. The lowest BCUT2D eigenvalue weighted by Crippen LogP contribution is -2.47. The van der Waals surface area contributed by atoms with E-state index in [1.54, 1.807) is 0 Å². The van der Waals surface area contributed by atoms with E-state index in [4.69, 9.17) is 0 Å². The lowest BCUT2D eigenvalue weighted by atomic mass is 10.1. The Bertz CT molecular complexity index is 1280. The molecule has 1 saturated heterocycles. The molecule has 0 saturated carbocycles. The molecule has 0 aliphatic carbocycles. The zero-order chi connectivity index (χ0) is 20.0. The maximum atomic E-state index is 12.9. The number of benzene rings is 2. The average molecular weight is 387 g/mol. The number of aromatic amines is 2. The summed E-state index contributed by atoms with van der Waals surface area (Å²) in [5.41, 5.74) is 3.69. The number of aromatic nitrogens is 3. The molecule has 4 aromatic rings. The summed E-state index contributed by atoms with van der Waals surface area (Å²) in [5.74, 6) is 0.0458. The summed E-state index contributed by atoms with van der Waals surface area (Å²) in [6, 6.07) is 14.9. The Morgan fingerprint density at radius 1 is 0.966 bits per heavy atom. The van der Waals surface area contributed by atoms with Gasteiger partial charge in [-0.25, -0.2) is 4.98 Å². The molecular formula is C22H21N5O2. The highest BCUT2D eigenvalue weighted by Gasteiger charge is 2.21. The van der Waals surface area contributed by atoms with Gasteiger partial charge >= 0.3 is 0 Å². The van der Waals surface area contributed by atoms with Gasteiger partial charge in [0, 0.05) is 42.6 Å². The van der Waals surface area contributed by atoms with Gasteiger partial charge in [0.05, 0.1) is 16.7 Å². The minimum Gasteiger partial charge on any atom is -0.353 e. The Kier molecular flexibility index (Phi) is 4.17. The van der Waals surface area contributed by atoms with Gasteiger partial charge in [0.2, 0.25) is 0 Å². The van der Waals surface area contributed by atoms with E-state index < -0.39 is 0 Å². The minimum atomic E-state index is -0.246. The van der Waals surface area contributed by atoms with Crippen LogP contribution < -0.4 is 5.56 Å². The monoisotopic (exact) mass is 387 g/mol. The molecule has 1 amide bonds. The molecule has 7 heteroatoms. The quantitative estimate of drug-likeness (QED) is 0.553. The summed E-state index contributed by atoms with van der Waals surface area (Å²) >= 11 is 0. The van der Waals surface area contributed by atoms with Gasteiger partial charge in [0.25, 0.3) is 11.5 Å². The first-order valence-electron chi connectivity index (χ1n) is 9.68. The Balaban J connectivity index is 1.51. The van der Waals surface area contributed by atoms with Gasteiger partial charge in [-0.3, -0.25) is 9.59 Å². The number of nitrogens with zero attached hydrogens (tertiary/aromatic N) is 3. The fraction of sp³-hybridized carbons (Fsp3) is 0.227. The summed E-state index contributed by atoms with van der Waals surface area (Å²) in [4.78, 5) is 40.1. The van der Waals surface area contributed by atoms with E-state index in [-0.39, 0.29) is 11.5 Å². The maximum absolute atomic E-state index is 12.9. The van der Waals surface area contributed by atoms with Crippen LogP contribution >= 0.6 is 0 Å². The van der Waals surface area contributed by atoms with E-state index in [1.165, 1.54) is 0 Å². The molecule has 0 atom stereocenters. The number of H-pyrrole nitrogens is 2. The van der Waals surface area contributed by atoms with E-state index in [0.29, 0.717) is 22.5 Å². The number of carbonyl (C=O) groups excluding carboxylic acids is 1. The highest BCUT2D eigenvalue weighted by atomic mass is 16.2. The molecule has 3 heterocycles. The van der Waals surface area contributed by atoms with Crippen LogP contribution in [0.15, 0.2) is 53.3 Å². The third-order valence-electron chi connectivity index (χ3n) is 5.51. The summed E-state index contributed by atoms with van der Waals surface area (Å²) in [7, 11) is 2.07. The molecule has 1 aliphatic heterocycles. The van der Waals surface area contributed by atoms with Gasteiger partial charge in [0.1, 0.15) is 0 Å². The number of fused-ring (bicyclic) bond motifs is 2. The van der Waals surface area contributed by atoms with Crippen molar-refractivity contribution in [3.8, 4) is 11.4 Å². The number of likely N-dealkylation sites (N-methyl/N-ethyl adjacent to an activating group) is 1. The smallest absolute Gasteiger partial charge is 0.276 e. The van der Waals surface area contributed by atoms with Gasteiger partial charge < -0.3 is 19.8 Å². The second-order valence-corrected chi connectivity index (χ2v) is 7.51. The molecule has 1 fully saturated rings. The van der Waals surface area contributed by atoms with Crippen molar-refractivity contribution in [3.05, 3.63) is 64.4 Å². The predicted octanol–water partition coefficient (Wildman–Crippen LogP) is 2.46. The van der Waals surface area contributed by atoms with Crippen molar-refractivity contribution in [1.82, 2.24) is 24.8 Å². The number of para-hydroxylation sites is 2. The normalized spacial score (nSPS) is 15.3. The van der Waals surface area contributed by atoms with Crippen molar-refractivity contribution in [2.75, 3.05) is 33.2 Å². The Labute approximate surface area is 167 Å². The number of nitrogens with one attached hydrogen (secondary N) is 2. The highest BCUT2D eigenvalue weighted by molar-refractivity contribution is 5.99. The molecule has 146 valence electrons. The summed E-state index contributed by atoms with van der Waals surface area (Å²) < 4.78 is 0. The molecule has 0 spiro atoms. The van der Waals surface area contributed by atoms with Crippen LogP contribution in [0, 0.1) is 0 Å². The number of piperazine rings is 1. The molecule has 5 rings (SSSR count). The van der Waals surface area contributed by atoms with Crippen molar-refractivity contribution in [2.24, 2.45) is 0 Å². The van der Waals surface area contributed by atoms with E-state index in [0.717, 1.165) is 42.6 Å². The maximum Gasteiger partial charge on any atom is 0.276 e. The minimum absolute atomic E-state index is 0.0458. The summed E-state index contributed by atoms with van der Waals surface area (Å²) in [5, 5.41) is 0.884. The van der Waals surface area contributed by atoms with E-state index in [2.05, 4.69) is 26.9 Å². The predicted molar refractivity (Wildman–Crippen MR) is 113 cm³/mol. The van der Waals surface area contributed by atoms with Crippen LogP contribution in [-0.4, -0.2) is 63.9 Å². The summed E-state index contributed by atoms with van der Waals surface area (Å²) in [6.45, 7) is 3.25. The zero-order valence-corrected chi connectivity index (χ0v) is 16.1. The first-order valence-corrected chi connectivity index (χ1v) is 9.68. The Morgan fingerprint density at radius 3 is 2.59 bits per heavy atom. The first kappa shape index (κ1) is 17.6. The molecule has 29 heavy (non-hydrogen) atoms. The number of hydrogen-bond donors (Lipinski definition) is 2. The standard InChI is InChI=1S/C22H21N5O2/c1-26-8-10-27(11-9-26)22(29)14-6-7-16-15(12-14)13-19(23-16)20-21(28)25-18-5-3-2-4-17(18)24-20/h2-7,12-13,23H,8-11H2,1H3,(H,25,28). The van der Waals surface area contributed by atoms with Crippen LogP contribution in [0.3, 0.4) is 0 Å². The van der Waals surface area contributed by atoms with Crippen LogP contribution in [0.1, 0.15) is 10.4 Å². The second kappa shape index (κ2) is 6.86.